The van der Waals surface area contributed by atoms with E-state index in [2.05, 4.69) is 10.6 Å². The number of benzene rings is 2. The number of ether oxygens (including phenoxy) is 3. The maximum absolute atomic E-state index is 13.0. The lowest BCUT2D eigenvalue weighted by Crippen LogP contribution is -2.44. The van der Waals surface area contributed by atoms with E-state index >= 15 is 0 Å². The molecule has 0 radical (unpaired) electrons. The Balaban J connectivity index is 2.24. The van der Waals surface area contributed by atoms with Crippen molar-refractivity contribution in [1.82, 2.24) is 5.32 Å². The van der Waals surface area contributed by atoms with Gasteiger partial charge in [-0.05, 0) is 36.6 Å². The highest BCUT2D eigenvalue weighted by molar-refractivity contribution is 7.98. The average molecular weight is 487 g/mol. The van der Waals surface area contributed by atoms with E-state index in [1.807, 2.05) is 6.26 Å². The van der Waals surface area contributed by atoms with E-state index in [0.29, 0.717) is 40.1 Å². The molecule has 0 heterocycles. The van der Waals surface area contributed by atoms with Crippen LogP contribution in [-0.4, -0.2) is 51.2 Å². The van der Waals surface area contributed by atoms with Crippen LogP contribution in [0.2, 0.25) is 10.0 Å². The lowest BCUT2D eigenvalue weighted by Gasteiger charge is -2.20. The zero-order valence-electron chi connectivity index (χ0n) is 17.6. The van der Waals surface area contributed by atoms with Crippen LogP contribution in [-0.2, 0) is 4.79 Å². The van der Waals surface area contributed by atoms with Gasteiger partial charge in [-0.2, -0.15) is 11.8 Å². The maximum atomic E-state index is 13.0. The number of anilines is 1. The molecule has 0 saturated heterocycles. The van der Waals surface area contributed by atoms with Gasteiger partial charge in [-0.15, -0.1) is 0 Å². The number of thioether (sulfide) groups is 1. The van der Waals surface area contributed by atoms with Crippen LogP contribution in [0, 0.1) is 0 Å². The molecular formula is C21H24Cl2N2O5S. The summed E-state index contributed by atoms with van der Waals surface area (Å²) >= 11 is 13.6. The lowest BCUT2D eigenvalue weighted by atomic mass is 10.1. The summed E-state index contributed by atoms with van der Waals surface area (Å²) in [6.45, 7) is 0. The van der Waals surface area contributed by atoms with Crippen molar-refractivity contribution in [3.05, 3.63) is 45.9 Å². The van der Waals surface area contributed by atoms with Gasteiger partial charge in [0.15, 0.2) is 11.5 Å². The van der Waals surface area contributed by atoms with E-state index < -0.39 is 11.9 Å². The first kappa shape index (κ1) is 25.0. The molecule has 1 unspecified atom stereocenters. The van der Waals surface area contributed by atoms with E-state index in [9.17, 15) is 9.59 Å². The van der Waals surface area contributed by atoms with Crippen LogP contribution in [0.5, 0.6) is 17.2 Å². The first-order chi connectivity index (χ1) is 14.8. The van der Waals surface area contributed by atoms with Gasteiger partial charge in [0.2, 0.25) is 11.7 Å². The summed E-state index contributed by atoms with van der Waals surface area (Å²) in [5.74, 6) is 1.02. The predicted octanol–water partition coefficient (Wildman–Crippen LogP) is 4.51. The topological polar surface area (TPSA) is 85.9 Å². The highest BCUT2D eigenvalue weighted by Crippen LogP contribution is 2.40. The molecule has 7 nitrogen and oxygen atoms in total. The van der Waals surface area contributed by atoms with E-state index in [0.717, 1.165) is 0 Å². The van der Waals surface area contributed by atoms with Crippen molar-refractivity contribution >= 4 is 52.5 Å². The zero-order valence-corrected chi connectivity index (χ0v) is 19.9. The fourth-order valence-electron chi connectivity index (χ4n) is 2.80. The molecule has 0 aliphatic carbocycles. The van der Waals surface area contributed by atoms with Crippen LogP contribution in [0.25, 0.3) is 0 Å². The molecule has 0 saturated carbocycles. The molecule has 10 heteroatoms. The molecule has 2 rings (SSSR count). The first-order valence-electron chi connectivity index (χ1n) is 9.20. The van der Waals surface area contributed by atoms with Crippen molar-refractivity contribution in [2.75, 3.05) is 38.7 Å². The van der Waals surface area contributed by atoms with Gasteiger partial charge in [-0.1, -0.05) is 23.2 Å². The van der Waals surface area contributed by atoms with Crippen molar-refractivity contribution < 1.29 is 23.8 Å². The average Bonchev–Trinajstić information content (AvgIpc) is 2.75. The third-order valence-electron chi connectivity index (χ3n) is 4.34. The summed E-state index contributed by atoms with van der Waals surface area (Å²) in [6, 6.07) is 7.00. The Morgan fingerprint density at radius 3 is 2.19 bits per heavy atom. The minimum Gasteiger partial charge on any atom is -0.493 e. The van der Waals surface area contributed by atoms with Crippen LogP contribution >= 0.6 is 35.0 Å². The molecule has 2 aromatic rings. The number of nitrogens with one attached hydrogen (secondary N) is 2. The second kappa shape index (κ2) is 11.9. The Labute approximate surface area is 195 Å². The van der Waals surface area contributed by atoms with E-state index in [1.54, 1.807) is 30.0 Å². The van der Waals surface area contributed by atoms with Crippen LogP contribution in [0.3, 0.4) is 0 Å². The van der Waals surface area contributed by atoms with E-state index in [-0.39, 0.29) is 16.5 Å². The van der Waals surface area contributed by atoms with Crippen LogP contribution in [0.15, 0.2) is 30.3 Å². The third-order valence-corrected chi connectivity index (χ3v) is 5.53. The van der Waals surface area contributed by atoms with E-state index in [4.69, 9.17) is 37.4 Å². The predicted molar refractivity (Wildman–Crippen MR) is 125 cm³/mol. The van der Waals surface area contributed by atoms with Crippen molar-refractivity contribution in [2.24, 2.45) is 0 Å². The molecule has 0 fully saturated rings. The van der Waals surface area contributed by atoms with E-state index in [1.165, 1.54) is 33.5 Å². The molecule has 0 aromatic heterocycles. The summed E-state index contributed by atoms with van der Waals surface area (Å²) in [7, 11) is 4.47. The van der Waals surface area contributed by atoms with Gasteiger partial charge >= 0.3 is 0 Å². The second-order valence-corrected chi connectivity index (χ2v) is 8.16. The SMILES string of the molecule is COc1cc(NC(=O)C(CCSC)NC(=O)c2ccc(Cl)cc2Cl)cc(OC)c1OC. The number of rotatable bonds is 10. The van der Waals surface area contributed by atoms with Gasteiger partial charge in [-0.3, -0.25) is 9.59 Å². The Morgan fingerprint density at radius 1 is 1.03 bits per heavy atom. The van der Waals surface area contributed by atoms with Crippen molar-refractivity contribution in [3.8, 4) is 17.2 Å². The molecule has 0 aliphatic heterocycles. The molecule has 31 heavy (non-hydrogen) atoms. The molecule has 2 amide bonds. The number of hydrogen-bond acceptors (Lipinski definition) is 6. The monoisotopic (exact) mass is 486 g/mol. The van der Waals surface area contributed by atoms with Crippen molar-refractivity contribution in [2.45, 2.75) is 12.5 Å². The number of carbonyl (C=O) groups excluding carboxylic acids is 2. The fraction of sp³-hybridized carbons (Fsp3) is 0.333. The third kappa shape index (κ3) is 6.59. The Morgan fingerprint density at radius 2 is 1.68 bits per heavy atom. The fourth-order valence-corrected chi connectivity index (χ4v) is 3.76. The summed E-state index contributed by atoms with van der Waals surface area (Å²) in [6.07, 6.45) is 2.35. The maximum Gasteiger partial charge on any atom is 0.253 e. The summed E-state index contributed by atoms with van der Waals surface area (Å²) < 4.78 is 15.9. The summed E-state index contributed by atoms with van der Waals surface area (Å²) in [5.41, 5.74) is 0.674. The number of methoxy groups -OCH3 is 3. The molecular weight excluding hydrogens is 463 g/mol. The largest absolute Gasteiger partial charge is 0.493 e. The molecule has 0 aliphatic rings. The molecule has 168 valence electrons. The lowest BCUT2D eigenvalue weighted by molar-refractivity contribution is -0.118. The van der Waals surface area contributed by atoms with Crippen LogP contribution in [0.1, 0.15) is 16.8 Å². The van der Waals surface area contributed by atoms with Gasteiger partial charge in [0.05, 0.1) is 31.9 Å². The minimum absolute atomic E-state index is 0.207. The standard InChI is InChI=1S/C21H24Cl2N2O5S/c1-28-17-10-13(11-18(29-2)19(17)30-3)24-21(27)16(7-8-31-4)25-20(26)14-6-5-12(22)9-15(14)23/h5-6,9-11,16H,7-8H2,1-4H3,(H,24,27)(H,25,26). The summed E-state index contributed by atoms with van der Waals surface area (Å²) in [4.78, 5) is 25.7. The summed E-state index contributed by atoms with van der Waals surface area (Å²) in [5, 5.41) is 6.17. The number of hydrogen-bond donors (Lipinski definition) is 2. The minimum atomic E-state index is -0.786. The van der Waals surface area contributed by atoms with Gasteiger partial charge in [0.25, 0.3) is 5.91 Å². The molecule has 2 aromatic carbocycles. The highest BCUT2D eigenvalue weighted by atomic mass is 35.5. The molecule has 1 atom stereocenters. The zero-order chi connectivity index (χ0) is 23.0. The van der Waals surface area contributed by atoms with Crippen molar-refractivity contribution in [1.29, 1.82) is 0 Å². The Hall–Kier alpha value is -2.29. The van der Waals surface area contributed by atoms with Crippen molar-refractivity contribution in [3.63, 3.8) is 0 Å². The molecule has 2 N–H and O–H groups in total. The first-order valence-corrected chi connectivity index (χ1v) is 11.3. The van der Waals surface area contributed by atoms with Crippen LogP contribution in [0.4, 0.5) is 5.69 Å². The van der Waals surface area contributed by atoms with Crippen LogP contribution < -0.4 is 24.8 Å². The van der Waals surface area contributed by atoms with Gasteiger partial charge in [0.1, 0.15) is 6.04 Å². The molecule has 0 bridgehead atoms. The normalized spacial score (nSPS) is 11.4. The quantitative estimate of drug-likeness (QED) is 0.513. The Bertz CT molecular complexity index is 917. The van der Waals surface area contributed by atoms with Gasteiger partial charge in [-0.25, -0.2) is 0 Å². The molecule has 0 spiro atoms. The Kier molecular flexibility index (Phi) is 9.61. The number of halogens is 2. The van der Waals surface area contributed by atoms with Gasteiger partial charge in [0, 0.05) is 22.8 Å². The second-order valence-electron chi connectivity index (χ2n) is 6.33. The number of amides is 2. The highest BCUT2D eigenvalue weighted by Gasteiger charge is 2.23. The van der Waals surface area contributed by atoms with Gasteiger partial charge < -0.3 is 24.8 Å². The smallest absolute Gasteiger partial charge is 0.253 e. The number of carbonyl (C=O) groups is 2.